The highest BCUT2D eigenvalue weighted by molar-refractivity contribution is 9.10. The lowest BCUT2D eigenvalue weighted by Gasteiger charge is -2.06. The van der Waals surface area contributed by atoms with Crippen molar-refractivity contribution in [3.63, 3.8) is 0 Å². The molecule has 1 rings (SSSR count). The molecule has 1 aromatic rings. The molecular formula is C11H11Br. The predicted octanol–water partition coefficient (Wildman–Crippen LogP) is 4.04. The minimum atomic E-state index is 1.11. The summed E-state index contributed by atoms with van der Waals surface area (Å²) in [4.78, 5) is 0. The molecule has 0 spiro atoms. The monoisotopic (exact) mass is 222 g/mol. The molecule has 0 atom stereocenters. The minimum Gasteiger partial charge on any atom is -0.0984 e. The zero-order valence-electron chi connectivity index (χ0n) is 7.10. The van der Waals surface area contributed by atoms with E-state index in [2.05, 4.69) is 42.1 Å². The maximum atomic E-state index is 3.76. The topological polar surface area (TPSA) is 0 Å². The zero-order chi connectivity index (χ0) is 9.14. The number of benzene rings is 1. The van der Waals surface area contributed by atoms with Crippen LogP contribution in [0.15, 0.2) is 29.8 Å². The Kier molecular flexibility index (Phi) is 2.88. The second kappa shape index (κ2) is 3.72. The van der Waals surface area contributed by atoms with Crippen LogP contribution in [0.5, 0.6) is 0 Å². The molecule has 0 aliphatic rings. The Balaban J connectivity index is 3.45. The van der Waals surface area contributed by atoms with Crippen molar-refractivity contribution in [2.45, 2.75) is 6.92 Å². The summed E-state index contributed by atoms with van der Waals surface area (Å²) >= 11 is 3.51. The van der Waals surface area contributed by atoms with E-state index in [0.29, 0.717) is 0 Å². The molecule has 0 amide bonds. The third kappa shape index (κ3) is 1.51. The van der Waals surface area contributed by atoms with Gasteiger partial charge in [-0.1, -0.05) is 37.4 Å². The third-order valence-electron chi connectivity index (χ3n) is 1.83. The maximum absolute atomic E-state index is 3.76. The van der Waals surface area contributed by atoms with Crippen molar-refractivity contribution in [3.05, 3.63) is 46.5 Å². The first-order chi connectivity index (χ1) is 5.70. The van der Waals surface area contributed by atoms with Crippen LogP contribution < -0.4 is 0 Å². The highest BCUT2D eigenvalue weighted by Gasteiger charge is 2.02. The maximum Gasteiger partial charge on any atom is 0.0282 e. The van der Waals surface area contributed by atoms with Crippen LogP contribution in [0, 0.1) is 6.92 Å². The van der Waals surface area contributed by atoms with Crippen molar-refractivity contribution in [3.8, 4) is 0 Å². The fraction of sp³-hybridized carbons (Fsp3) is 0.0909. The Morgan fingerprint density at radius 1 is 1.25 bits per heavy atom. The SMILES string of the molecule is C=Cc1ccc(C)c(Br)c1C=C. The highest BCUT2D eigenvalue weighted by atomic mass is 79.9. The molecule has 0 saturated carbocycles. The van der Waals surface area contributed by atoms with Crippen molar-refractivity contribution < 1.29 is 0 Å². The molecule has 1 aromatic carbocycles. The second-order valence-corrected chi connectivity index (χ2v) is 3.40. The molecule has 1 heteroatoms. The third-order valence-corrected chi connectivity index (χ3v) is 2.88. The molecule has 0 aromatic heterocycles. The Hall–Kier alpha value is -0.820. The first-order valence-electron chi connectivity index (χ1n) is 3.74. The van der Waals surface area contributed by atoms with E-state index in [1.54, 1.807) is 0 Å². The Morgan fingerprint density at radius 3 is 2.42 bits per heavy atom. The van der Waals surface area contributed by atoms with Crippen LogP contribution >= 0.6 is 15.9 Å². The van der Waals surface area contributed by atoms with Crippen molar-refractivity contribution >= 4 is 28.1 Å². The fourth-order valence-electron chi connectivity index (χ4n) is 1.10. The number of rotatable bonds is 2. The standard InChI is InChI=1S/C11H11Br/c1-4-9-7-6-8(3)11(12)10(9)5-2/h4-7H,1-2H2,3H3. The normalized spacial score (nSPS) is 9.50. The molecule has 0 bridgehead atoms. The average molecular weight is 223 g/mol. The molecule has 62 valence electrons. The lowest BCUT2D eigenvalue weighted by Crippen LogP contribution is -1.85. The molecule has 0 nitrogen and oxygen atoms in total. The minimum absolute atomic E-state index is 1.11. The van der Waals surface area contributed by atoms with Gasteiger partial charge in [0.05, 0.1) is 0 Å². The van der Waals surface area contributed by atoms with Gasteiger partial charge in [0.25, 0.3) is 0 Å². The molecule has 0 N–H and O–H groups in total. The summed E-state index contributed by atoms with van der Waals surface area (Å²) in [6, 6.07) is 4.11. The molecule has 0 radical (unpaired) electrons. The molecular weight excluding hydrogens is 212 g/mol. The molecule has 0 unspecified atom stereocenters. The summed E-state index contributed by atoms with van der Waals surface area (Å²) in [5, 5.41) is 0. The molecule has 0 aliphatic heterocycles. The van der Waals surface area contributed by atoms with Crippen LogP contribution in [0.1, 0.15) is 16.7 Å². The van der Waals surface area contributed by atoms with E-state index in [1.807, 2.05) is 18.2 Å². The van der Waals surface area contributed by atoms with Gasteiger partial charge in [-0.05, 0) is 39.5 Å². The highest BCUT2D eigenvalue weighted by Crippen LogP contribution is 2.26. The van der Waals surface area contributed by atoms with Crippen LogP contribution in [0.2, 0.25) is 0 Å². The quantitative estimate of drug-likeness (QED) is 0.709. The first-order valence-corrected chi connectivity index (χ1v) is 4.54. The van der Waals surface area contributed by atoms with E-state index in [1.165, 1.54) is 5.56 Å². The number of hydrogen-bond donors (Lipinski definition) is 0. The van der Waals surface area contributed by atoms with Gasteiger partial charge in [-0.25, -0.2) is 0 Å². The Morgan fingerprint density at radius 2 is 1.92 bits per heavy atom. The summed E-state index contributed by atoms with van der Waals surface area (Å²) < 4.78 is 1.11. The summed E-state index contributed by atoms with van der Waals surface area (Å²) in [5.41, 5.74) is 3.45. The number of hydrogen-bond acceptors (Lipinski definition) is 0. The zero-order valence-corrected chi connectivity index (χ0v) is 8.69. The largest absolute Gasteiger partial charge is 0.0984 e. The van der Waals surface area contributed by atoms with Gasteiger partial charge in [-0.3, -0.25) is 0 Å². The van der Waals surface area contributed by atoms with Gasteiger partial charge in [-0.15, -0.1) is 0 Å². The second-order valence-electron chi connectivity index (χ2n) is 2.61. The summed E-state index contributed by atoms with van der Waals surface area (Å²) in [6.07, 6.45) is 3.68. The molecule has 0 saturated heterocycles. The van der Waals surface area contributed by atoms with Gasteiger partial charge >= 0.3 is 0 Å². The van der Waals surface area contributed by atoms with Crippen molar-refractivity contribution in [1.29, 1.82) is 0 Å². The Bertz CT molecular complexity index is 324. The van der Waals surface area contributed by atoms with Crippen LogP contribution in [0.25, 0.3) is 12.2 Å². The van der Waals surface area contributed by atoms with E-state index in [0.717, 1.165) is 15.6 Å². The molecule has 12 heavy (non-hydrogen) atoms. The van der Waals surface area contributed by atoms with Gasteiger partial charge in [0.2, 0.25) is 0 Å². The summed E-state index contributed by atoms with van der Waals surface area (Å²) in [6.45, 7) is 9.56. The van der Waals surface area contributed by atoms with Gasteiger partial charge in [-0.2, -0.15) is 0 Å². The van der Waals surface area contributed by atoms with E-state index in [-0.39, 0.29) is 0 Å². The van der Waals surface area contributed by atoms with Crippen molar-refractivity contribution in [1.82, 2.24) is 0 Å². The van der Waals surface area contributed by atoms with E-state index < -0.39 is 0 Å². The van der Waals surface area contributed by atoms with Crippen molar-refractivity contribution in [2.75, 3.05) is 0 Å². The average Bonchev–Trinajstić information content (AvgIpc) is 2.09. The smallest absolute Gasteiger partial charge is 0.0282 e. The number of aryl methyl sites for hydroxylation is 1. The van der Waals surface area contributed by atoms with E-state index >= 15 is 0 Å². The van der Waals surface area contributed by atoms with Gasteiger partial charge < -0.3 is 0 Å². The van der Waals surface area contributed by atoms with E-state index in [4.69, 9.17) is 0 Å². The van der Waals surface area contributed by atoms with Gasteiger partial charge in [0.15, 0.2) is 0 Å². The van der Waals surface area contributed by atoms with Crippen LogP contribution in [-0.2, 0) is 0 Å². The molecule has 0 fully saturated rings. The number of halogens is 1. The van der Waals surface area contributed by atoms with Crippen LogP contribution in [-0.4, -0.2) is 0 Å². The summed E-state index contributed by atoms with van der Waals surface area (Å²) in [5.74, 6) is 0. The fourth-order valence-corrected chi connectivity index (χ4v) is 1.63. The van der Waals surface area contributed by atoms with Gasteiger partial charge in [0.1, 0.15) is 0 Å². The Labute approximate surface area is 81.7 Å². The first kappa shape index (κ1) is 9.27. The van der Waals surface area contributed by atoms with Gasteiger partial charge in [0, 0.05) is 4.47 Å². The summed E-state index contributed by atoms with van der Waals surface area (Å²) in [7, 11) is 0. The molecule has 0 aliphatic carbocycles. The van der Waals surface area contributed by atoms with Crippen LogP contribution in [0.4, 0.5) is 0 Å². The van der Waals surface area contributed by atoms with Crippen LogP contribution in [0.3, 0.4) is 0 Å². The van der Waals surface area contributed by atoms with E-state index in [9.17, 15) is 0 Å². The lowest BCUT2D eigenvalue weighted by molar-refractivity contribution is 1.40. The van der Waals surface area contributed by atoms with Crippen molar-refractivity contribution in [2.24, 2.45) is 0 Å². The predicted molar refractivity (Wildman–Crippen MR) is 59.1 cm³/mol. The molecule has 0 heterocycles. The lowest BCUT2D eigenvalue weighted by atomic mass is 10.0.